The Kier molecular flexibility index (Phi) is 4.21. The lowest BCUT2D eigenvalue weighted by molar-refractivity contribution is 0.296. The lowest BCUT2D eigenvalue weighted by atomic mass is 9.94. The summed E-state index contributed by atoms with van der Waals surface area (Å²) in [4.78, 5) is 4.47. The number of imidazole rings is 1. The minimum atomic E-state index is -0.298. The maximum absolute atomic E-state index is 13.6. The van der Waals surface area contributed by atoms with Crippen LogP contribution in [0.5, 0.6) is 0 Å². The molecule has 0 amide bonds. The Morgan fingerprint density at radius 2 is 2.00 bits per heavy atom. The molecule has 0 aliphatic carbocycles. The van der Waals surface area contributed by atoms with Crippen molar-refractivity contribution in [3.63, 3.8) is 0 Å². The molecule has 1 aromatic carbocycles. The second-order valence-corrected chi connectivity index (χ2v) is 6.08. The highest BCUT2D eigenvalue weighted by atomic mass is 79.9. The van der Waals surface area contributed by atoms with E-state index in [9.17, 15) is 4.39 Å². The van der Waals surface area contributed by atoms with E-state index in [0.29, 0.717) is 15.9 Å². The molecule has 2 nitrogen and oxygen atoms in total. The molecule has 104 valence electrons. The number of fused-ring (bicyclic) bond motifs is 1. The molecule has 2 aromatic rings. The van der Waals surface area contributed by atoms with E-state index in [4.69, 9.17) is 11.6 Å². The van der Waals surface area contributed by atoms with Crippen molar-refractivity contribution in [2.75, 3.05) is 0 Å². The van der Waals surface area contributed by atoms with Gasteiger partial charge in [0.25, 0.3) is 0 Å². The molecule has 19 heavy (non-hydrogen) atoms. The van der Waals surface area contributed by atoms with Crippen molar-refractivity contribution in [3.8, 4) is 0 Å². The van der Waals surface area contributed by atoms with Gasteiger partial charge in [0.2, 0.25) is 0 Å². The van der Waals surface area contributed by atoms with Crippen LogP contribution in [0.1, 0.15) is 39.4 Å². The van der Waals surface area contributed by atoms with Crippen LogP contribution in [0.3, 0.4) is 0 Å². The molecule has 0 spiro atoms. The Balaban J connectivity index is 2.80. The van der Waals surface area contributed by atoms with Gasteiger partial charge >= 0.3 is 0 Å². The number of alkyl halides is 1. The standard InChI is InChI=1S/C14H17BrClFN2/c1-4-14(3,5-2)19-12-6-9(15)10(17)7-11(12)18-13(19)8-16/h6-7H,4-5,8H2,1-3H3. The lowest BCUT2D eigenvalue weighted by Gasteiger charge is -2.31. The largest absolute Gasteiger partial charge is 0.321 e. The van der Waals surface area contributed by atoms with Gasteiger partial charge in [-0.15, -0.1) is 11.6 Å². The highest BCUT2D eigenvalue weighted by Crippen LogP contribution is 2.33. The van der Waals surface area contributed by atoms with E-state index >= 15 is 0 Å². The predicted octanol–water partition coefficient (Wildman–Crippen LogP) is 5.21. The first-order valence-corrected chi connectivity index (χ1v) is 7.72. The smallest absolute Gasteiger partial charge is 0.139 e. The van der Waals surface area contributed by atoms with Crippen LogP contribution in [-0.4, -0.2) is 9.55 Å². The van der Waals surface area contributed by atoms with Crippen molar-refractivity contribution in [2.45, 2.75) is 45.0 Å². The highest BCUT2D eigenvalue weighted by molar-refractivity contribution is 9.10. The summed E-state index contributed by atoms with van der Waals surface area (Å²) in [6, 6.07) is 3.25. The Bertz CT molecular complexity index is 605. The minimum absolute atomic E-state index is 0.0593. The zero-order valence-electron chi connectivity index (χ0n) is 11.3. The Labute approximate surface area is 126 Å². The van der Waals surface area contributed by atoms with E-state index in [1.165, 1.54) is 6.07 Å². The minimum Gasteiger partial charge on any atom is -0.321 e. The molecular weight excluding hydrogens is 331 g/mol. The van der Waals surface area contributed by atoms with E-state index < -0.39 is 0 Å². The first kappa shape index (κ1) is 14.8. The molecule has 0 saturated carbocycles. The van der Waals surface area contributed by atoms with E-state index in [1.807, 2.05) is 0 Å². The van der Waals surface area contributed by atoms with Gasteiger partial charge in [-0.05, 0) is 41.8 Å². The van der Waals surface area contributed by atoms with Gasteiger partial charge in [0.1, 0.15) is 11.6 Å². The first-order valence-electron chi connectivity index (χ1n) is 6.39. The van der Waals surface area contributed by atoms with Crippen molar-refractivity contribution >= 4 is 38.6 Å². The topological polar surface area (TPSA) is 17.8 Å². The summed E-state index contributed by atoms with van der Waals surface area (Å²) in [5.41, 5.74) is 1.52. The molecule has 0 bridgehead atoms. The van der Waals surface area contributed by atoms with Crippen LogP contribution in [0.4, 0.5) is 4.39 Å². The molecule has 0 N–H and O–H groups in total. The number of rotatable bonds is 4. The van der Waals surface area contributed by atoms with Crippen LogP contribution < -0.4 is 0 Å². The molecule has 5 heteroatoms. The van der Waals surface area contributed by atoms with Crippen LogP contribution in [-0.2, 0) is 11.4 Å². The van der Waals surface area contributed by atoms with Crippen molar-refractivity contribution in [3.05, 3.63) is 28.2 Å². The molecule has 0 saturated heterocycles. The SMILES string of the molecule is CCC(C)(CC)n1c(CCl)nc2cc(F)c(Br)cc21. The normalized spacial score (nSPS) is 12.3. The number of hydrogen-bond donors (Lipinski definition) is 0. The fourth-order valence-electron chi connectivity index (χ4n) is 2.38. The second-order valence-electron chi connectivity index (χ2n) is 4.96. The van der Waals surface area contributed by atoms with Gasteiger partial charge in [0.05, 0.1) is 21.4 Å². The van der Waals surface area contributed by atoms with Crippen LogP contribution in [0.2, 0.25) is 0 Å². The summed E-state index contributed by atoms with van der Waals surface area (Å²) in [7, 11) is 0. The fourth-order valence-corrected chi connectivity index (χ4v) is 2.89. The average molecular weight is 348 g/mol. The summed E-state index contributed by atoms with van der Waals surface area (Å²) in [6.45, 7) is 6.47. The first-order chi connectivity index (χ1) is 8.96. The van der Waals surface area contributed by atoms with Gasteiger partial charge in [-0.3, -0.25) is 0 Å². The number of nitrogens with zero attached hydrogens (tertiary/aromatic N) is 2. The number of hydrogen-bond acceptors (Lipinski definition) is 1. The number of benzene rings is 1. The Morgan fingerprint density at radius 1 is 1.37 bits per heavy atom. The van der Waals surface area contributed by atoms with Crippen molar-refractivity contribution in [2.24, 2.45) is 0 Å². The van der Waals surface area contributed by atoms with Gasteiger partial charge in [0.15, 0.2) is 0 Å². The number of halogens is 3. The molecule has 0 fully saturated rings. The molecule has 0 aliphatic rings. The molecule has 0 unspecified atom stereocenters. The predicted molar refractivity (Wildman–Crippen MR) is 81.2 cm³/mol. The fraction of sp³-hybridized carbons (Fsp3) is 0.500. The molecule has 0 atom stereocenters. The molecular formula is C14H17BrClFN2. The van der Waals surface area contributed by atoms with Crippen molar-refractivity contribution in [1.82, 2.24) is 9.55 Å². The summed E-state index contributed by atoms with van der Waals surface area (Å²) < 4.78 is 16.2. The Morgan fingerprint density at radius 3 is 2.53 bits per heavy atom. The van der Waals surface area contributed by atoms with E-state index in [0.717, 1.165) is 24.2 Å². The highest BCUT2D eigenvalue weighted by Gasteiger charge is 2.27. The van der Waals surface area contributed by atoms with Crippen LogP contribution in [0, 0.1) is 5.82 Å². The van der Waals surface area contributed by atoms with Crippen molar-refractivity contribution < 1.29 is 4.39 Å². The van der Waals surface area contributed by atoms with E-state index in [2.05, 4.69) is 46.3 Å². The number of aromatic nitrogens is 2. The molecule has 1 aromatic heterocycles. The second kappa shape index (κ2) is 5.41. The third kappa shape index (κ3) is 2.40. The van der Waals surface area contributed by atoms with Gasteiger partial charge in [-0.1, -0.05) is 13.8 Å². The molecule has 0 radical (unpaired) electrons. The molecule has 1 heterocycles. The third-order valence-corrected chi connectivity index (χ3v) is 4.80. The lowest BCUT2D eigenvalue weighted by Crippen LogP contribution is -2.29. The third-order valence-electron chi connectivity index (χ3n) is 3.95. The zero-order valence-corrected chi connectivity index (χ0v) is 13.6. The van der Waals surface area contributed by atoms with E-state index in [1.54, 1.807) is 6.07 Å². The van der Waals surface area contributed by atoms with Gasteiger partial charge in [0, 0.05) is 11.6 Å². The van der Waals surface area contributed by atoms with Crippen LogP contribution in [0.25, 0.3) is 11.0 Å². The van der Waals surface area contributed by atoms with Gasteiger partial charge < -0.3 is 4.57 Å². The monoisotopic (exact) mass is 346 g/mol. The maximum atomic E-state index is 13.6. The Hall–Kier alpha value is -0.610. The quantitative estimate of drug-likeness (QED) is 0.694. The van der Waals surface area contributed by atoms with E-state index in [-0.39, 0.29) is 11.4 Å². The van der Waals surface area contributed by atoms with Crippen LogP contribution in [0.15, 0.2) is 16.6 Å². The summed E-state index contributed by atoms with van der Waals surface area (Å²) >= 11 is 9.26. The summed E-state index contributed by atoms with van der Waals surface area (Å²) in [6.07, 6.45) is 1.93. The summed E-state index contributed by atoms with van der Waals surface area (Å²) in [5, 5.41) is 0. The van der Waals surface area contributed by atoms with Crippen molar-refractivity contribution in [1.29, 1.82) is 0 Å². The zero-order chi connectivity index (χ0) is 14.2. The molecule has 0 aliphatic heterocycles. The maximum Gasteiger partial charge on any atom is 0.139 e. The van der Waals surface area contributed by atoms with Gasteiger partial charge in [-0.2, -0.15) is 0 Å². The van der Waals surface area contributed by atoms with Gasteiger partial charge in [-0.25, -0.2) is 9.37 Å². The molecule has 2 rings (SSSR count). The van der Waals surface area contributed by atoms with Crippen LogP contribution >= 0.6 is 27.5 Å². The summed E-state index contributed by atoms with van der Waals surface area (Å²) in [5.74, 6) is 0.817. The average Bonchev–Trinajstić information content (AvgIpc) is 2.76.